The highest BCUT2D eigenvalue weighted by Gasteiger charge is 2.49. The van der Waals surface area contributed by atoms with Crippen LogP contribution in [0.4, 0.5) is 19.4 Å². The maximum Gasteiger partial charge on any atom is 0.408 e. The smallest absolute Gasteiger partial charge is 0.408 e. The van der Waals surface area contributed by atoms with E-state index in [1.165, 1.54) is 6.20 Å². The molecule has 208 valence electrons. The molecule has 3 aliphatic heterocycles. The SMILES string of the molecule is CC(C)(C)OC(=O)N[C@]1(C)CCCN(c2nc(OC[C@@]34CCCN3C[C@H](F)C4)nc3c(F)c(Cl)ncc23)C1. The number of alkyl carbamates (subject to hydrolysis) is 1. The van der Waals surface area contributed by atoms with Crippen LogP contribution in [0.25, 0.3) is 10.9 Å². The highest BCUT2D eigenvalue weighted by molar-refractivity contribution is 6.30. The summed E-state index contributed by atoms with van der Waals surface area (Å²) in [5, 5.41) is 3.10. The number of rotatable bonds is 5. The summed E-state index contributed by atoms with van der Waals surface area (Å²) < 4.78 is 40.9. The summed E-state index contributed by atoms with van der Waals surface area (Å²) in [6.07, 6.45) is 3.77. The van der Waals surface area contributed by atoms with Gasteiger partial charge in [-0.05, 0) is 59.9 Å². The standard InChI is InChI=1S/C26H35ClF2N6O3/c1-24(2,3)38-23(36)33-25(4)7-5-9-34(14-25)21-17-12-30-20(27)18(29)19(17)31-22(32-21)37-15-26-8-6-10-35(26)13-16(28)11-26/h12,16H,5-11,13-15H2,1-4H3,(H,33,36)/t16-,25-,26+/m1/s1. The van der Waals surface area contributed by atoms with Crippen molar-refractivity contribution in [3.63, 3.8) is 0 Å². The fourth-order valence-corrected chi connectivity index (χ4v) is 6.16. The highest BCUT2D eigenvalue weighted by atomic mass is 35.5. The van der Waals surface area contributed by atoms with Gasteiger partial charge in [-0.1, -0.05) is 11.6 Å². The maximum absolute atomic E-state index is 15.1. The van der Waals surface area contributed by atoms with E-state index in [0.29, 0.717) is 37.3 Å². The Labute approximate surface area is 226 Å². The number of pyridine rings is 1. The van der Waals surface area contributed by atoms with Gasteiger partial charge in [0.05, 0.1) is 16.5 Å². The van der Waals surface area contributed by atoms with E-state index >= 15 is 4.39 Å². The Morgan fingerprint density at radius 2 is 2.03 bits per heavy atom. The molecule has 0 spiro atoms. The minimum Gasteiger partial charge on any atom is -0.461 e. The van der Waals surface area contributed by atoms with Crippen molar-refractivity contribution in [3.8, 4) is 6.01 Å². The van der Waals surface area contributed by atoms with Gasteiger partial charge in [0.2, 0.25) is 0 Å². The lowest BCUT2D eigenvalue weighted by atomic mass is 9.91. The lowest BCUT2D eigenvalue weighted by Gasteiger charge is -2.41. The topological polar surface area (TPSA) is 92.7 Å². The number of halogens is 3. The van der Waals surface area contributed by atoms with E-state index in [1.807, 2.05) is 32.6 Å². The third kappa shape index (κ3) is 5.45. The number of fused-ring (bicyclic) bond motifs is 2. The zero-order chi connectivity index (χ0) is 27.3. The van der Waals surface area contributed by atoms with Gasteiger partial charge in [-0.15, -0.1) is 0 Å². The van der Waals surface area contributed by atoms with E-state index in [4.69, 9.17) is 21.1 Å². The number of carbonyl (C=O) groups excluding carboxylic acids is 1. The van der Waals surface area contributed by atoms with E-state index in [1.54, 1.807) is 0 Å². The lowest BCUT2D eigenvalue weighted by molar-refractivity contribution is 0.0454. The summed E-state index contributed by atoms with van der Waals surface area (Å²) in [4.78, 5) is 29.7. The molecule has 3 saturated heterocycles. The van der Waals surface area contributed by atoms with Crippen LogP contribution in [0.1, 0.15) is 59.8 Å². The van der Waals surface area contributed by atoms with Crippen molar-refractivity contribution in [3.05, 3.63) is 17.2 Å². The number of ether oxygens (including phenoxy) is 2. The van der Waals surface area contributed by atoms with Gasteiger partial charge in [0.25, 0.3) is 0 Å². The molecule has 2 aromatic heterocycles. The molecule has 0 bridgehead atoms. The third-order valence-corrected chi connectivity index (χ3v) is 7.89. The monoisotopic (exact) mass is 552 g/mol. The second-order valence-electron chi connectivity index (χ2n) is 12.0. The van der Waals surface area contributed by atoms with Crippen LogP contribution in [0.5, 0.6) is 6.01 Å². The molecule has 0 unspecified atom stereocenters. The number of hydrogen-bond acceptors (Lipinski definition) is 8. The van der Waals surface area contributed by atoms with Crippen molar-refractivity contribution in [1.29, 1.82) is 0 Å². The minimum atomic E-state index is -0.891. The second kappa shape index (κ2) is 9.89. The molecular formula is C26H35ClF2N6O3. The molecule has 5 heterocycles. The number of carbonyl (C=O) groups is 1. The molecule has 0 aromatic carbocycles. The summed E-state index contributed by atoms with van der Waals surface area (Å²) in [5.74, 6) is -0.310. The van der Waals surface area contributed by atoms with E-state index in [2.05, 4.69) is 25.2 Å². The first-order valence-corrected chi connectivity index (χ1v) is 13.5. The normalized spacial score (nSPS) is 28.0. The van der Waals surface area contributed by atoms with Crippen molar-refractivity contribution in [1.82, 2.24) is 25.2 Å². The van der Waals surface area contributed by atoms with Crippen LogP contribution in [0.2, 0.25) is 5.15 Å². The summed E-state index contributed by atoms with van der Waals surface area (Å²) in [6, 6.07) is 0.00424. The molecule has 0 aliphatic carbocycles. The Bertz CT molecular complexity index is 1230. The second-order valence-corrected chi connectivity index (χ2v) is 12.4. The van der Waals surface area contributed by atoms with E-state index in [0.717, 1.165) is 32.2 Å². The molecule has 38 heavy (non-hydrogen) atoms. The van der Waals surface area contributed by atoms with Crippen LogP contribution in [-0.4, -0.2) is 81.6 Å². The molecule has 1 N–H and O–H groups in total. The molecule has 5 rings (SSSR count). The fraction of sp³-hybridized carbons (Fsp3) is 0.692. The van der Waals surface area contributed by atoms with Crippen molar-refractivity contribution < 1.29 is 23.0 Å². The minimum absolute atomic E-state index is 0.00424. The number of alkyl halides is 1. The number of hydrogen-bond donors (Lipinski definition) is 1. The average Bonchev–Trinajstić information content (AvgIpc) is 3.34. The van der Waals surface area contributed by atoms with Crippen molar-refractivity contribution in [2.75, 3.05) is 37.7 Å². The first-order valence-electron chi connectivity index (χ1n) is 13.2. The Morgan fingerprint density at radius 3 is 2.79 bits per heavy atom. The van der Waals surface area contributed by atoms with Gasteiger partial charge < -0.3 is 19.7 Å². The van der Waals surface area contributed by atoms with Crippen LogP contribution in [0.3, 0.4) is 0 Å². The van der Waals surface area contributed by atoms with Gasteiger partial charge in [0, 0.05) is 32.3 Å². The van der Waals surface area contributed by atoms with Crippen LogP contribution in [-0.2, 0) is 4.74 Å². The summed E-state index contributed by atoms with van der Waals surface area (Å²) in [6.45, 7) is 9.87. The molecule has 9 nitrogen and oxygen atoms in total. The van der Waals surface area contributed by atoms with Crippen molar-refractivity contribution in [2.45, 2.75) is 82.6 Å². The van der Waals surface area contributed by atoms with E-state index in [9.17, 15) is 9.18 Å². The molecular weight excluding hydrogens is 518 g/mol. The number of amides is 1. The fourth-order valence-electron chi connectivity index (χ4n) is 6.02. The Morgan fingerprint density at radius 1 is 1.26 bits per heavy atom. The molecule has 12 heteroatoms. The van der Waals surface area contributed by atoms with Crippen molar-refractivity contribution >= 4 is 34.4 Å². The zero-order valence-electron chi connectivity index (χ0n) is 22.3. The number of anilines is 1. The molecule has 0 saturated carbocycles. The Balaban J connectivity index is 1.43. The van der Waals surface area contributed by atoms with Crippen LogP contribution in [0, 0.1) is 5.82 Å². The predicted molar refractivity (Wildman–Crippen MR) is 140 cm³/mol. The summed E-state index contributed by atoms with van der Waals surface area (Å²) >= 11 is 5.99. The highest BCUT2D eigenvalue weighted by Crippen LogP contribution is 2.41. The number of nitrogens with one attached hydrogen (secondary N) is 1. The van der Waals surface area contributed by atoms with Gasteiger partial charge in [-0.3, -0.25) is 4.90 Å². The molecule has 1 amide bonds. The average molecular weight is 553 g/mol. The molecule has 0 radical (unpaired) electrons. The lowest BCUT2D eigenvalue weighted by Crippen LogP contribution is -2.57. The molecule has 2 aromatic rings. The van der Waals surface area contributed by atoms with Gasteiger partial charge in [0.1, 0.15) is 29.7 Å². The van der Waals surface area contributed by atoms with E-state index < -0.39 is 34.8 Å². The Kier molecular flexibility index (Phi) is 7.04. The first kappa shape index (κ1) is 27.1. The van der Waals surface area contributed by atoms with Gasteiger partial charge >= 0.3 is 12.1 Å². The first-order chi connectivity index (χ1) is 17.9. The van der Waals surface area contributed by atoms with Crippen molar-refractivity contribution in [2.24, 2.45) is 0 Å². The Hall–Kier alpha value is -2.53. The van der Waals surface area contributed by atoms with Gasteiger partial charge in [-0.2, -0.15) is 9.97 Å². The van der Waals surface area contributed by atoms with E-state index in [-0.39, 0.29) is 23.3 Å². The number of nitrogens with zero attached hydrogens (tertiary/aromatic N) is 5. The largest absolute Gasteiger partial charge is 0.461 e. The van der Waals surface area contributed by atoms with Crippen LogP contribution >= 0.6 is 11.6 Å². The molecule has 3 aliphatic rings. The number of aromatic nitrogens is 3. The molecule has 3 fully saturated rings. The predicted octanol–water partition coefficient (Wildman–Crippen LogP) is 4.66. The van der Waals surface area contributed by atoms with Crippen LogP contribution in [0.15, 0.2) is 6.20 Å². The quantitative estimate of drug-likeness (QED) is 0.536. The van der Waals surface area contributed by atoms with Crippen LogP contribution < -0.4 is 15.0 Å². The van der Waals surface area contributed by atoms with Gasteiger partial charge in [0.15, 0.2) is 11.0 Å². The van der Waals surface area contributed by atoms with Gasteiger partial charge in [-0.25, -0.2) is 18.6 Å². The number of piperidine rings is 1. The maximum atomic E-state index is 15.1. The summed E-state index contributed by atoms with van der Waals surface area (Å²) in [5.41, 5.74) is -1.62. The zero-order valence-corrected chi connectivity index (χ0v) is 23.1. The summed E-state index contributed by atoms with van der Waals surface area (Å²) in [7, 11) is 0. The molecule has 3 atom stereocenters. The third-order valence-electron chi connectivity index (χ3n) is 7.63.